The van der Waals surface area contributed by atoms with E-state index in [1.807, 2.05) is 41.3 Å². The van der Waals surface area contributed by atoms with Gasteiger partial charge >= 0.3 is 0 Å². The molecule has 4 heterocycles. The summed E-state index contributed by atoms with van der Waals surface area (Å²) >= 11 is 6.19. The number of carbonyl (C=O) groups is 2. The van der Waals surface area contributed by atoms with Crippen molar-refractivity contribution in [1.29, 1.82) is 0 Å². The molecule has 3 aromatic rings. The molecule has 2 amide bonds. The van der Waals surface area contributed by atoms with Crippen LogP contribution >= 0.6 is 11.6 Å². The van der Waals surface area contributed by atoms with Gasteiger partial charge in [0, 0.05) is 78.8 Å². The van der Waals surface area contributed by atoms with E-state index < -0.39 is 0 Å². The van der Waals surface area contributed by atoms with Crippen molar-refractivity contribution in [2.45, 2.75) is 32.2 Å². The number of aromatic nitrogens is 2. The zero-order valence-electron chi connectivity index (χ0n) is 19.5. The summed E-state index contributed by atoms with van der Waals surface area (Å²) in [5.74, 6) is -0.278. The molecule has 0 spiro atoms. The predicted molar refractivity (Wildman–Crippen MR) is 137 cm³/mol. The molecule has 8 heteroatoms. The van der Waals surface area contributed by atoms with Gasteiger partial charge in [0.2, 0.25) is 11.8 Å². The largest absolute Gasteiger partial charge is 0.372 e. The first-order chi connectivity index (χ1) is 17.1. The molecule has 3 aliphatic rings. The number of amides is 2. The lowest BCUT2D eigenvalue weighted by Gasteiger charge is -2.29. The number of rotatable bonds is 4. The van der Waals surface area contributed by atoms with E-state index >= 15 is 0 Å². The van der Waals surface area contributed by atoms with Gasteiger partial charge in [0.25, 0.3) is 0 Å². The third-order valence-electron chi connectivity index (χ3n) is 7.45. The third-order valence-corrected chi connectivity index (χ3v) is 7.69. The Kier molecular flexibility index (Phi) is 5.72. The van der Waals surface area contributed by atoms with Crippen LogP contribution < -0.4 is 9.80 Å². The molecule has 1 N–H and O–H groups in total. The molecule has 1 atom stereocenters. The van der Waals surface area contributed by atoms with Crippen molar-refractivity contribution in [2.75, 3.05) is 36.0 Å². The SMILES string of the molecule is O=C(C1CC(=O)N(c2ccc(N3CCCC3)cc2)C1)N1CCc2[nH]nc(-c3cccc(Cl)c3)c2C1. The van der Waals surface area contributed by atoms with Crippen molar-refractivity contribution in [1.82, 2.24) is 15.1 Å². The fourth-order valence-electron chi connectivity index (χ4n) is 5.56. The predicted octanol–water partition coefficient (Wildman–Crippen LogP) is 4.27. The average Bonchev–Trinajstić information content (AvgIpc) is 3.63. The lowest BCUT2D eigenvalue weighted by atomic mass is 9.99. The number of anilines is 2. The van der Waals surface area contributed by atoms with E-state index in [1.165, 1.54) is 18.5 Å². The van der Waals surface area contributed by atoms with Crippen LogP contribution in [-0.4, -0.2) is 53.1 Å². The highest BCUT2D eigenvalue weighted by atomic mass is 35.5. The maximum absolute atomic E-state index is 13.5. The van der Waals surface area contributed by atoms with Crippen LogP contribution in [0.4, 0.5) is 11.4 Å². The van der Waals surface area contributed by atoms with E-state index in [1.54, 1.807) is 4.90 Å². The van der Waals surface area contributed by atoms with Crippen LogP contribution in [0, 0.1) is 5.92 Å². The summed E-state index contributed by atoms with van der Waals surface area (Å²) in [7, 11) is 0. The van der Waals surface area contributed by atoms with Crippen LogP contribution in [-0.2, 0) is 22.6 Å². The Bertz CT molecular complexity index is 1260. The minimum Gasteiger partial charge on any atom is -0.372 e. The Labute approximate surface area is 209 Å². The van der Waals surface area contributed by atoms with Crippen molar-refractivity contribution in [3.05, 3.63) is 64.8 Å². The first kappa shape index (κ1) is 22.2. The van der Waals surface area contributed by atoms with Crippen LogP contribution in [0.3, 0.4) is 0 Å². The number of hydrogen-bond donors (Lipinski definition) is 1. The fraction of sp³-hybridized carbons (Fsp3) is 0.370. The van der Waals surface area contributed by atoms with E-state index in [-0.39, 0.29) is 24.2 Å². The van der Waals surface area contributed by atoms with E-state index in [0.717, 1.165) is 47.7 Å². The molecule has 180 valence electrons. The first-order valence-electron chi connectivity index (χ1n) is 12.3. The molecule has 2 saturated heterocycles. The van der Waals surface area contributed by atoms with E-state index in [9.17, 15) is 9.59 Å². The van der Waals surface area contributed by atoms with Crippen molar-refractivity contribution in [3.8, 4) is 11.3 Å². The maximum atomic E-state index is 13.5. The number of hydrogen-bond acceptors (Lipinski definition) is 4. The van der Waals surface area contributed by atoms with Gasteiger partial charge in [-0.3, -0.25) is 14.7 Å². The van der Waals surface area contributed by atoms with Gasteiger partial charge in [0.1, 0.15) is 0 Å². The van der Waals surface area contributed by atoms with Crippen molar-refractivity contribution >= 4 is 34.8 Å². The number of halogens is 1. The van der Waals surface area contributed by atoms with Gasteiger partial charge in [-0.05, 0) is 49.2 Å². The van der Waals surface area contributed by atoms with Gasteiger partial charge in [0.15, 0.2) is 0 Å². The Morgan fingerprint density at radius 1 is 1.03 bits per heavy atom. The number of benzene rings is 2. The summed E-state index contributed by atoms with van der Waals surface area (Å²) in [5, 5.41) is 8.30. The van der Waals surface area contributed by atoms with E-state index in [2.05, 4.69) is 27.2 Å². The van der Waals surface area contributed by atoms with Gasteiger partial charge in [-0.2, -0.15) is 5.10 Å². The van der Waals surface area contributed by atoms with E-state index in [0.29, 0.717) is 24.7 Å². The zero-order valence-corrected chi connectivity index (χ0v) is 20.3. The van der Waals surface area contributed by atoms with Gasteiger partial charge < -0.3 is 14.7 Å². The minimum atomic E-state index is -0.330. The fourth-order valence-corrected chi connectivity index (χ4v) is 5.75. The number of fused-ring (bicyclic) bond motifs is 1. The molecule has 0 aliphatic carbocycles. The van der Waals surface area contributed by atoms with Crippen LogP contribution in [0.25, 0.3) is 11.3 Å². The maximum Gasteiger partial charge on any atom is 0.228 e. The molecule has 7 nitrogen and oxygen atoms in total. The number of nitrogens with zero attached hydrogens (tertiary/aromatic N) is 4. The summed E-state index contributed by atoms with van der Waals surface area (Å²) in [5.41, 5.74) is 5.93. The smallest absolute Gasteiger partial charge is 0.228 e. The van der Waals surface area contributed by atoms with Crippen LogP contribution in [0.2, 0.25) is 5.02 Å². The first-order valence-corrected chi connectivity index (χ1v) is 12.7. The number of H-pyrrole nitrogens is 1. The Morgan fingerprint density at radius 2 is 1.80 bits per heavy atom. The molecule has 0 bridgehead atoms. The molecule has 3 aliphatic heterocycles. The quantitative estimate of drug-likeness (QED) is 0.594. The lowest BCUT2D eigenvalue weighted by molar-refractivity contribution is -0.136. The Morgan fingerprint density at radius 3 is 2.57 bits per heavy atom. The molecule has 0 saturated carbocycles. The number of nitrogens with one attached hydrogen (secondary N) is 1. The molecule has 35 heavy (non-hydrogen) atoms. The second-order valence-electron chi connectivity index (χ2n) is 9.67. The molecule has 1 unspecified atom stereocenters. The zero-order chi connectivity index (χ0) is 23.9. The second-order valence-corrected chi connectivity index (χ2v) is 10.1. The van der Waals surface area contributed by atoms with Gasteiger partial charge in [-0.25, -0.2) is 0 Å². The Hall–Kier alpha value is -3.32. The van der Waals surface area contributed by atoms with Gasteiger partial charge in [0.05, 0.1) is 11.6 Å². The van der Waals surface area contributed by atoms with Crippen molar-refractivity contribution in [2.24, 2.45) is 5.92 Å². The summed E-state index contributed by atoms with van der Waals surface area (Å²) in [6.45, 7) is 3.72. The molecular formula is C27H28ClN5O2. The summed E-state index contributed by atoms with van der Waals surface area (Å²) in [6.07, 6.45) is 3.43. The average molecular weight is 490 g/mol. The number of aromatic amines is 1. The van der Waals surface area contributed by atoms with Gasteiger partial charge in [-0.1, -0.05) is 23.7 Å². The standard InChI is InChI=1S/C27H28ClN5O2/c28-20-5-3-4-18(14-20)26-23-17-32(13-10-24(23)29-30-26)27(35)19-15-25(34)33(16-19)22-8-6-21(7-9-22)31-11-1-2-12-31/h3-9,14,19H,1-2,10-13,15-17H2,(H,29,30). The van der Waals surface area contributed by atoms with Crippen LogP contribution in [0.15, 0.2) is 48.5 Å². The molecule has 0 radical (unpaired) electrons. The van der Waals surface area contributed by atoms with Gasteiger partial charge in [-0.15, -0.1) is 0 Å². The van der Waals surface area contributed by atoms with Crippen molar-refractivity contribution < 1.29 is 9.59 Å². The third kappa shape index (κ3) is 4.18. The monoisotopic (exact) mass is 489 g/mol. The topological polar surface area (TPSA) is 72.5 Å². The minimum absolute atomic E-state index is 0.0119. The summed E-state index contributed by atoms with van der Waals surface area (Å²) in [4.78, 5) is 32.4. The molecule has 2 aromatic carbocycles. The highest BCUT2D eigenvalue weighted by Gasteiger charge is 2.38. The van der Waals surface area contributed by atoms with Crippen LogP contribution in [0.5, 0.6) is 0 Å². The Balaban J connectivity index is 1.15. The molecule has 1 aromatic heterocycles. The normalized spacial score (nSPS) is 20.0. The second kappa shape index (κ2) is 9.04. The van der Waals surface area contributed by atoms with E-state index in [4.69, 9.17) is 11.6 Å². The summed E-state index contributed by atoms with van der Waals surface area (Å²) in [6, 6.07) is 15.8. The highest BCUT2D eigenvalue weighted by Crippen LogP contribution is 2.33. The van der Waals surface area contributed by atoms with Crippen LogP contribution in [0.1, 0.15) is 30.5 Å². The molecular weight excluding hydrogens is 462 g/mol. The number of carbonyl (C=O) groups excluding carboxylic acids is 2. The lowest BCUT2D eigenvalue weighted by Crippen LogP contribution is -2.40. The van der Waals surface area contributed by atoms with Crippen molar-refractivity contribution in [3.63, 3.8) is 0 Å². The molecule has 2 fully saturated rings. The molecule has 6 rings (SSSR count). The highest BCUT2D eigenvalue weighted by molar-refractivity contribution is 6.30. The summed E-state index contributed by atoms with van der Waals surface area (Å²) < 4.78 is 0.